The van der Waals surface area contributed by atoms with Crippen LogP contribution < -0.4 is 16.2 Å². The van der Waals surface area contributed by atoms with Gasteiger partial charge in [0.25, 0.3) is 24.3 Å². The smallest absolute Gasteiger partial charge is 0.266 e. The third kappa shape index (κ3) is 4.92. The summed E-state index contributed by atoms with van der Waals surface area (Å²) in [5.74, 6) is -1.20. The topological polar surface area (TPSA) is 66.4 Å². The first-order valence-electron chi connectivity index (χ1n) is 13.0. The number of rotatable bonds is 9. The Bertz CT molecular complexity index is 1250. The molecule has 0 spiro atoms. The van der Waals surface area contributed by atoms with Gasteiger partial charge in [0.2, 0.25) is 0 Å². The molecular weight excluding hydrogens is 507 g/mol. The largest absolute Gasteiger partial charge is 0.383 e. The molecule has 4 fully saturated rings. The first-order chi connectivity index (χ1) is 18.1. The molecule has 2 N–H and O–H groups in total. The number of halogens is 5. The Morgan fingerprint density at radius 2 is 1.82 bits per heavy atom. The Kier molecular flexibility index (Phi) is 7.23. The van der Waals surface area contributed by atoms with E-state index in [1.54, 1.807) is 0 Å². The normalized spacial score (nSPS) is 24.5. The highest BCUT2D eigenvalue weighted by Gasteiger charge is 2.53. The molecule has 1 unspecified atom stereocenters. The van der Waals surface area contributed by atoms with E-state index in [0.717, 1.165) is 55.2 Å². The van der Waals surface area contributed by atoms with Crippen molar-refractivity contribution in [2.45, 2.75) is 69.5 Å². The van der Waals surface area contributed by atoms with Crippen molar-refractivity contribution >= 4 is 11.6 Å². The van der Waals surface area contributed by atoms with Gasteiger partial charge >= 0.3 is 0 Å². The molecule has 6 rings (SSSR count). The number of alkyl halides is 4. The zero-order valence-corrected chi connectivity index (χ0v) is 21.0. The molecule has 2 aromatic rings. The van der Waals surface area contributed by atoms with Crippen LogP contribution in [0.5, 0.6) is 0 Å². The highest BCUT2D eigenvalue weighted by Crippen LogP contribution is 2.48. The number of carbonyl (C=O) groups excluding carboxylic acids is 1. The van der Waals surface area contributed by atoms with E-state index in [-0.39, 0.29) is 35.7 Å². The average Bonchev–Trinajstić information content (AvgIpc) is 3.70. The quantitative estimate of drug-likeness (QED) is 0.438. The van der Waals surface area contributed by atoms with Crippen LogP contribution in [0, 0.1) is 11.7 Å². The molecule has 0 radical (unpaired) electrons. The minimum atomic E-state index is -3.02. The predicted octanol–water partition coefficient (Wildman–Crippen LogP) is 5.07. The van der Waals surface area contributed by atoms with Gasteiger partial charge in [-0.1, -0.05) is 18.2 Å². The molecule has 3 aliphatic heterocycles. The zero-order chi connectivity index (χ0) is 27.2. The number of amides is 1. The lowest BCUT2D eigenvalue weighted by molar-refractivity contribution is 0.0562. The maximum absolute atomic E-state index is 14.7. The predicted molar refractivity (Wildman–Crippen MR) is 132 cm³/mol. The lowest BCUT2D eigenvalue weighted by Crippen LogP contribution is -2.51. The van der Waals surface area contributed by atoms with Crippen molar-refractivity contribution in [1.29, 1.82) is 0 Å². The van der Waals surface area contributed by atoms with E-state index < -0.39 is 47.3 Å². The van der Waals surface area contributed by atoms with E-state index in [0.29, 0.717) is 12.5 Å². The monoisotopic (exact) mass is 538 g/mol. The van der Waals surface area contributed by atoms with E-state index in [1.807, 2.05) is 0 Å². The van der Waals surface area contributed by atoms with Crippen molar-refractivity contribution < 1.29 is 26.7 Å². The molecule has 1 aliphatic carbocycles. The maximum atomic E-state index is 14.7. The Hall–Kier alpha value is -2.95. The van der Waals surface area contributed by atoms with Crippen molar-refractivity contribution in [3.8, 4) is 0 Å². The van der Waals surface area contributed by atoms with Crippen LogP contribution >= 0.6 is 0 Å². The van der Waals surface area contributed by atoms with Crippen LogP contribution in [-0.2, 0) is 5.54 Å². The van der Waals surface area contributed by atoms with Crippen LogP contribution in [0.3, 0.4) is 0 Å². The van der Waals surface area contributed by atoms with Gasteiger partial charge in [0.15, 0.2) is 0 Å². The second kappa shape index (κ2) is 10.3. The van der Waals surface area contributed by atoms with Gasteiger partial charge in [-0.05, 0) is 58.0 Å². The average molecular weight is 539 g/mol. The summed E-state index contributed by atoms with van der Waals surface area (Å²) in [5, 5.41) is 5.79. The summed E-state index contributed by atoms with van der Waals surface area (Å²) in [6.45, 7) is 3.90. The molecule has 4 aliphatic rings. The van der Waals surface area contributed by atoms with Gasteiger partial charge in [-0.15, -0.1) is 0 Å². The third-order valence-corrected chi connectivity index (χ3v) is 8.35. The molecule has 206 valence electrons. The van der Waals surface area contributed by atoms with Crippen LogP contribution in [0.1, 0.15) is 73.0 Å². The van der Waals surface area contributed by atoms with E-state index in [9.17, 15) is 31.5 Å². The van der Waals surface area contributed by atoms with Crippen molar-refractivity contribution in [3.63, 3.8) is 0 Å². The summed E-state index contributed by atoms with van der Waals surface area (Å²) in [5.41, 5.74) is -3.03. The highest BCUT2D eigenvalue weighted by molar-refractivity contribution is 5.99. The van der Waals surface area contributed by atoms with Crippen molar-refractivity contribution in [2.24, 2.45) is 5.92 Å². The number of nitrogens with one attached hydrogen (secondary N) is 2. The molecule has 2 bridgehead atoms. The van der Waals surface area contributed by atoms with Gasteiger partial charge in [-0.3, -0.25) is 14.5 Å². The molecule has 38 heavy (non-hydrogen) atoms. The SMILES string of the molecule is C[C@@H](NC(=O)c1cn(C2(C(F)F)CC2)c(=O)cc1NCC1CC2CCN1CC2)c1cccc(C(F)F)c1F. The van der Waals surface area contributed by atoms with E-state index in [4.69, 9.17) is 0 Å². The zero-order valence-electron chi connectivity index (χ0n) is 21.0. The molecule has 1 saturated carbocycles. The van der Waals surface area contributed by atoms with Gasteiger partial charge in [-0.25, -0.2) is 22.0 Å². The number of hydrogen-bond donors (Lipinski definition) is 2. The fourth-order valence-corrected chi connectivity index (χ4v) is 5.85. The highest BCUT2D eigenvalue weighted by atomic mass is 19.3. The minimum absolute atomic E-state index is 0.0373. The van der Waals surface area contributed by atoms with Gasteiger partial charge in [0.05, 0.1) is 22.9 Å². The van der Waals surface area contributed by atoms with Crippen molar-refractivity contribution in [3.05, 3.63) is 63.3 Å². The number of carbonyl (C=O) groups is 1. The molecule has 6 nitrogen and oxygen atoms in total. The Balaban J connectivity index is 1.43. The summed E-state index contributed by atoms with van der Waals surface area (Å²) >= 11 is 0. The van der Waals surface area contributed by atoms with Crippen LogP contribution in [0.2, 0.25) is 0 Å². The van der Waals surface area contributed by atoms with Crippen LogP contribution in [0.4, 0.5) is 27.6 Å². The number of hydrogen-bond acceptors (Lipinski definition) is 4. The number of fused-ring (bicyclic) bond motifs is 3. The summed E-state index contributed by atoms with van der Waals surface area (Å²) in [6.07, 6.45) is -1.15. The fourth-order valence-electron chi connectivity index (χ4n) is 5.85. The van der Waals surface area contributed by atoms with Crippen LogP contribution in [0.25, 0.3) is 0 Å². The standard InChI is InChI=1S/C27H31F5N4O2/c1-15(18-3-2-4-19(23(18)28)24(29)30)34-25(38)20-14-36(27(7-8-27)26(31)32)22(37)12-21(20)33-13-17-11-16-5-9-35(17)10-6-16/h2-4,12,14-17,24,26,33H,5-11,13H2,1H3,(H,34,38)/t15-,17?/m1/s1. The van der Waals surface area contributed by atoms with E-state index >= 15 is 0 Å². The number of piperidine rings is 3. The summed E-state index contributed by atoms with van der Waals surface area (Å²) in [4.78, 5) is 28.7. The van der Waals surface area contributed by atoms with Crippen molar-refractivity contribution in [1.82, 2.24) is 14.8 Å². The number of benzene rings is 1. The van der Waals surface area contributed by atoms with E-state index in [1.165, 1.54) is 19.1 Å². The van der Waals surface area contributed by atoms with E-state index in [2.05, 4.69) is 15.5 Å². The molecule has 11 heteroatoms. The first kappa shape index (κ1) is 26.6. The fraction of sp³-hybridized carbons (Fsp3) is 0.556. The second-order valence-electron chi connectivity index (χ2n) is 10.7. The van der Waals surface area contributed by atoms with Gasteiger partial charge < -0.3 is 15.2 Å². The number of anilines is 1. The van der Waals surface area contributed by atoms with Gasteiger partial charge in [-0.2, -0.15) is 0 Å². The maximum Gasteiger partial charge on any atom is 0.266 e. The Morgan fingerprint density at radius 1 is 1.13 bits per heavy atom. The molecule has 2 atom stereocenters. The lowest BCUT2D eigenvalue weighted by Gasteiger charge is -2.45. The molecule has 4 heterocycles. The van der Waals surface area contributed by atoms with Crippen LogP contribution in [0.15, 0.2) is 35.3 Å². The molecule has 3 saturated heterocycles. The molecule has 1 aromatic carbocycles. The summed E-state index contributed by atoms with van der Waals surface area (Å²) < 4.78 is 69.7. The molecule has 1 aromatic heterocycles. The number of pyridine rings is 1. The summed E-state index contributed by atoms with van der Waals surface area (Å²) in [7, 11) is 0. The van der Waals surface area contributed by atoms with Crippen LogP contribution in [-0.4, -0.2) is 47.5 Å². The van der Waals surface area contributed by atoms with Gasteiger partial charge in [0.1, 0.15) is 11.4 Å². The first-order valence-corrected chi connectivity index (χ1v) is 13.0. The third-order valence-electron chi connectivity index (χ3n) is 8.35. The molecule has 1 amide bonds. The summed E-state index contributed by atoms with van der Waals surface area (Å²) in [6, 6.07) is 3.94. The number of aromatic nitrogens is 1. The van der Waals surface area contributed by atoms with Gasteiger partial charge in [0, 0.05) is 30.4 Å². The lowest BCUT2D eigenvalue weighted by atomic mass is 9.83. The minimum Gasteiger partial charge on any atom is -0.383 e. The number of nitrogens with zero attached hydrogens (tertiary/aromatic N) is 2. The second-order valence-corrected chi connectivity index (χ2v) is 10.7. The van der Waals surface area contributed by atoms with Crippen molar-refractivity contribution in [2.75, 3.05) is 25.0 Å². The molecular formula is C27H31F5N4O2. The Labute approximate surface area is 217 Å². The Morgan fingerprint density at radius 3 is 2.39 bits per heavy atom.